The second kappa shape index (κ2) is 7.82. The molecule has 1 fully saturated rings. The van der Waals surface area contributed by atoms with Gasteiger partial charge in [-0.2, -0.15) is 0 Å². The van der Waals surface area contributed by atoms with Crippen LogP contribution < -0.4 is 11.1 Å². The minimum absolute atomic E-state index is 0.0257. The maximum absolute atomic E-state index is 13.9. The third-order valence-corrected chi connectivity index (χ3v) is 5.76. The lowest BCUT2D eigenvalue weighted by Gasteiger charge is -2.27. The van der Waals surface area contributed by atoms with Crippen molar-refractivity contribution in [2.24, 2.45) is 5.92 Å². The highest BCUT2D eigenvalue weighted by molar-refractivity contribution is 5.91. The first-order valence-electron chi connectivity index (χ1n) is 10.2. The van der Waals surface area contributed by atoms with Crippen molar-refractivity contribution in [1.29, 1.82) is 0 Å². The summed E-state index contributed by atoms with van der Waals surface area (Å²) in [5.41, 5.74) is 1.33. The molecule has 1 saturated carbocycles. The Balaban J connectivity index is 1.24. The highest BCUT2D eigenvalue weighted by Crippen LogP contribution is 2.33. The second-order valence-electron chi connectivity index (χ2n) is 7.66. The molecule has 0 radical (unpaired) electrons. The zero-order chi connectivity index (χ0) is 21.4. The van der Waals surface area contributed by atoms with E-state index in [1.54, 1.807) is 47.3 Å². The number of hydrogen-bond acceptors (Lipinski definition) is 5. The number of anilines is 1. The van der Waals surface area contributed by atoms with Crippen molar-refractivity contribution in [2.75, 3.05) is 5.32 Å². The van der Waals surface area contributed by atoms with Gasteiger partial charge in [-0.25, -0.2) is 18.9 Å². The Kier molecular flexibility index (Phi) is 4.85. The first-order valence-corrected chi connectivity index (χ1v) is 10.2. The average Bonchev–Trinajstić information content (AvgIpc) is 3.37. The van der Waals surface area contributed by atoms with E-state index in [4.69, 9.17) is 4.42 Å². The summed E-state index contributed by atoms with van der Waals surface area (Å²) in [5, 5.41) is 7.08. The van der Waals surface area contributed by atoms with E-state index < -0.39 is 5.76 Å². The molecule has 158 valence electrons. The fourth-order valence-corrected chi connectivity index (χ4v) is 4.21. The molecule has 1 aliphatic carbocycles. The monoisotopic (exact) mass is 421 g/mol. The van der Waals surface area contributed by atoms with E-state index in [1.807, 2.05) is 6.07 Å². The predicted octanol–water partition coefficient (Wildman–Crippen LogP) is 3.68. The molecule has 0 atom stereocenters. The molecule has 3 heterocycles. The summed E-state index contributed by atoms with van der Waals surface area (Å²) >= 11 is 0. The van der Waals surface area contributed by atoms with E-state index >= 15 is 0 Å². The topological polar surface area (TPSA) is 95.0 Å². The molecule has 31 heavy (non-hydrogen) atoms. The van der Waals surface area contributed by atoms with Crippen LogP contribution in [0.1, 0.15) is 31.7 Å². The zero-order valence-corrected chi connectivity index (χ0v) is 16.6. The van der Waals surface area contributed by atoms with E-state index in [0.717, 1.165) is 0 Å². The lowest BCUT2D eigenvalue weighted by molar-refractivity contribution is -0.121. The van der Waals surface area contributed by atoms with Gasteiger partial charge in [0.1, 0.15) is 17.0 Å². The van der Waals surface area contributed by atoms with Crippen LogP contribution in [-0.2, 0) is 4.79 Å². The van der Waals surface area contributed by atoms with Crippen molar-refractivity contribution < 1.29 is 13.6 Å². The maximum Gasteiger partial charge on any atom is 0.421 e. The number of benzene rings is 1. The summed E-state index contributed by atoms with van der Waals surface area (Å²) in [6.45, 7) is 0. The van der Waals surface area contributed by atoms with E-state index in [-0.39, 0.29) is 23.7 Å². The summed E-state index contributed by atoms with van der Waals surface area (Å²) in [4.78, 5) is 29.1. The van der Waals surface area contributed by atoms with Crippen LogP contribution in [0.25, 0.3) is 16.9 Å². The van der Waals surface area contributed by atoms with Gasteiger partial charge in [0.25, 0.3) is 0 Å². The van der Waals surface area contributed by atoms with Crippen molar-refractivity contribution in [1.82, 2.24) is 19.3 Å². The number of oxazole rings is 1. The van der Waals surface area contributed by atoms with E-state index in [1.165, 1.54) is 10.7 Å². The normalized spacial score (nSPS) is 18.9. The molecule has 0 unspecified atom stereocenters. The Morgan fingerprint density at radius 2 is 1.90 bits per heavy atom. The number of nitrogens with one attached hydrogen (secondary N) is 1. The Morgan fingerprint density at radius 3 is 2.71 bits per heavy atom. The smallest absolute Gasteiger partial charge is 0.389 e. The fraction of sp³-hybridized carbons (Fsp3) is 0.273. The van der Waals surface area contributed by atoms with Crippen molar-refractivity contribution in [3.63, 3.8) is 0 Å². The van der Waals surface area contributed by atoms with Crippen molar-refractivity contribution in [3.05, 3.63) is 71.2 Å². The number of carbonyl (C=O) groups excluding carboxylic acids is 1. The Bertz CT molecular complexity index is 1300. The van der Waals surface area contributed by atoms with Crippen molar-refractivity contribution >= 4 is 23.0 Å². The summed E-state index contributed by atoms with van der Waals surface area (Å²) in [7, 11) is 0. The SMILES string of the molecule is O=C(Nc1ccn(-c2ccccc2F)n1)C1CCC(n2c(=O)oc3ncccc32)CC1. The maximum atomic E-state index is 13.9. The number of amides is 1. The lowest BCUT2D eigenvalue weighted by Crippen LogP contribution is -2.30. The van der Waals surface area contributed by atoms with Crippen LogP contribution in [0.5, 0.6) is 0 Å². The molecule has 3 aromatic heterocycles. The second-order valence-corrected chi connectivity index (χ2v) is 7.66. The quantitative estimate of drug-likeness (QED) is 0.542. The number of pyridine rings is 1. The van der Waals surface area contributed by atoms with Gasteiger partial charge in [-0.3, -0.25) is 9.36 Å². The lowest BCUT2D eigenvalue weighted by atomic mass is 9.85. The summed E-state index contributed by atoms with van der Waals surface area (Å²) in [6, 6.07) is 11.5. The molecule has 1 aliphatic rings. The molecule has 1 N–H and O–H groups in total. The average molecular weight is 421 g/mol. The number of nitrogens with zero attached hydrogens (tertiary/aromatic N) is 4. The molecule has 1 amide bonds. The number of fused-ring (bicyclic) bond motifs is 1. The minimum Gasteiger partial charge on any atom is -0.389 e. The standard InChI is InChI=1S/C22H20FN5O3/c23-16-4-1-2-5-17(16)27-13-11-19(26-27)25-20(29)14-7-9-15(10-8-14)28-18-6-3-12-24-21(18)31-22(28)30/h1-6,11-15H,7-10H2,(H,25,26,29). The van der Waals surface area contributed by atoms with Crippen LogP contribution in [0.15, 0.2) is 64.1 Å². The summed E-state index contributed by atoms with van der Waals surface area (Å²) < 4.78 is 22.2. The molecule has 4 aromatic rings. The Morgan fingerprint density at radius 1 is 1.10 bits per heavy atom. The van der Waals surface area contributed by atoms with Gasteiger partial charge in [0, 0.05) is 30.4 Å². The zero-order valence-electron chi connectivity index (χ0n) is 16.6. The minimum atomic E-state index is -0.416. The van der Waals surface area contributed by atoms with E-state index in [2.05, 4.69) is 15.4 Å². The van der Waals surface area contributed by atoms with Crippen LogP contribution >= 0.6 is 0 Å². The van der Waals surface area contributed by atoms with E-state index in [0.29, 0.717) is 48.4 Å². The van der Waals surface area contributed by atoms with Crippen molar-refractivity contribution in [2.45, 2.75) is 31.7 Å². The summed E-state index contributed by atoms with van der Waals surface area (Å²) in [6.07, 6.45) is 5.85. The highest BCUT2D eigenvalue weighted by atomic mass is 19.1. The highest BCUT2D eigenvalue weighted by Gasteiger charge is 2.29. The number of aromatic nitrogens is 4. The predicted molar refractivity (Wildman–Crippen MR) is 111 cm³/mol. The molecule has 5 rings (SSSR count). The molecular weight excluding hydrogens is 401 g/mol. The van der Waals surface area contributed by atoms with Gasteiger partial charge in [0.15, 0.2) is 5.82 Å². The van der Waals surface area contributed by atoms with Gasteiger partial charge >= 0.3 is 5.76 Å². The Labute approximate surface area is 176 Å². The fourth-order valence-electron chi connectivity index (χ4n) is 4.21. The molecule has 9 heteroatoms. The van der Waals surface area contributed by atoms with Crippen LogP contribution in [0.4, 0.5) is 10.2 Å². The van der Waals surface area contributed by atoms with Crippen LogP contribution in [-0.4, -0.2) is 25.2 Å². The third-order valence-electron chi connectivity index (χ3n) is 5.76. The first kappa shape index (κ1) is 19.2. The molecule has 0 aliphatic heterocycles. The number of hydrogen-bond donors (Lipinski definition) is 1. The van der Waals surface area contributed by atoms with Gasteiger partial charge in [-0.1, -0.05) is 12.1 Å². The van der Waals surface area contributed by atoms with Gasteiger partial charge in [-0.15, -0.1) is 5.10 Å². The number of rotatable bonds is 4. The number of carbonyl (C=O) groups is 1. The van der Waals surface area contributed by atoms with Crippen LogP contribution in [0, 0.1) is 11.7 Å². The van der Waals surface area contributed by atoms with Gasteiger partial charge in [-0.05, 0) is 49.9 Å². The number of para-hydroxylation sites is 1. The van der Waals surface area contributed by atoms with Crippen LogP contribution in [0.3, 0.4) is 0 Å². The number of halogens is 1. The first-order chi connectivity index (χ1) is 15.1. The largest absolute Gasteiger partial charge is 0.421 e. The van der Waals surface area contributed by atoms with Crippen LogP contribution in [0.2, 0.25) is 0 Å². The van der Waals surface area contributed by atoms with Gasteiger partial charge in [0.05, 0.1) is 0 Å². The molecule has 8 nitrogen and oxygen atoms in total. The molecule has 0 spiro atoms. The molecular formula is C22H20FN5O3. The molecule has 0 bridgehead atoms. The molecule has 0 saturated heterocycles. The van der Waals surface area contributed by atoms with E-state index in [9.17, 15) is 14.0 Å². The van der Waals surface area contributed by atoms with Crippen molar-refractivity contribution in [3.8, 4) is 5.69 Å². The van der Waals surface area contributed by atoms with Gasteiger partial charge in [0.2, 0.25) is 11.6 Å². The third kappa shape index (κ3) is 3.63. The summed E-state index contributed by atoms with van der Waals surface area (Å²) in [5.74, 6) is -0.733. The van der Waals surface area contributed by atoms with Gasteiger partial charge < -0.3 is 9.73 Å². The Hall–Kier alpha value is -3.75. The molecule has 1 aromatic carbocycles.